The molecule has 0 aliphatic rings. The summed E-state index contributed by atoms with van der Waals surface area (Å²) in [5, 5.41) is 29.5. The number of rotatable bonds is 16. The summed E-state index contributed by atoms with van der Waals surface area (Å²) in [5.74, 6) is -36.9. The van der Waals surface area contributed by atoms with Crippen LogP contribution in [0.5, 0.6) is 0 Å². The van der Waals surface area contributed by atoms with E-state index in [1.54, 1.807) is 10.6 Å². The van der Waals surface area contributed by atoms with E-state index in [1.807, 2.05) is 0 Å². The van der Waals surface area contributed by atoms with E-state index in [2.05, 4.69) is 0 Å². The Morgan fingerprint density at radius 1 is 0.875 bits per heavy atom. The normalized spacial score (nSPS) is 15.3. The second kappa shape index (κ2) is 13.7. The van der Waals surface area contributed by atoms with Crippen molar-refractivity contribution in [1.29, 1.82) is 0 Å². The fourth-order valence-electron chi connectivity index (χ4n) is 2.41. The van der Waals surface area contributed by atoms with Crippen molar-refractivity contribution >= 4 is 35.5 Å². The molecular weight excluding hydrogens is 611 g/mol. The van der Waals surface area contributed by atoms with Gasteiger partial charge in [0, 0.05) is 12.2 Å². The molecular formula is C18H20F11N3O7S. The summed E-state index contributed by atoms with van der Waals surface area (Å²) in [7, 11) is 0. The quantitative estimate of drug-likeness (QED) is 0.138. The number of hydrogen-bond donors (Lipinski definition) is 6. The number of allylic oxidation sites excluding steroid dienone is 1. The minimum absolute atomic E-state index is 0.375. The SMILES string of the molecule is NC(CCC(=O)NC(CS/C(=C\CO)C(F)(F)C(F)(F)C(F)(F)C(F)(F)C(F)(F)F)C(=O)NCC(=O)O)C(=O)O. The molecule has 7 N–H and O–H groups in total. The van der Waals surface area contributed by atoms with Crippen molar-refractivity contribution in [2.24, 2.45) is 5.73 Å². The Bertz CT molecular complexity index is 978. The van der Waals surface area contributed by atoms with Gasteiger partial charge < -0.3 is 31.7 Å². The van der Waals surface area contributed by atoms with Gasteiger partial charge in [0.15, 0.2) is 0 Å². The maximum atomic E-state index is 14.5. The highest BCUT2D eigenvalue weighted by Gasteiger charge is 2.87. The Morgan fingerprint density at radius 3 is 1.82 bits per heavy atom. The number of carboxylic acids is 2. The molecule has 0 saturated carbocycles. The molecule has 0 saturated heterocycles. The van der Waals surface area contributed by atoms with Crippen molar-refractivity contribution < 1.29 is 82.8 Å². The summed E-state index contributed by atoms with van der Waals surface area (Å²) >= 11 is -0.774. The molecule has 0 rings (SSSR count). The molecule has 0 aliphatic carbocycles. The van der Waals surface area contributed by atoms with Crippen molar-refractivity contribution in [3.8, 4) is 0 Å². The molecule has 0 heterocycles. The van der Waals surface area contributed by atoms with Gasteiger partial charge in [-0.3, -0.25) is 19.2 Å². The van der Waals surface area contributed by atoms with Crippen LogP contribution in [0, 0.1) is 0 Å². The fraction of sp³-hybridized carbons (Fsp3) is 0.667. The number of nitrogens with one attached hydrogen (secondary N) is 2. The van der Waals surface area contributed by atoms with Gasteiger partial charge in [0.05, 0.1) is 11.5 Å². The second-order valence-corrected chi connectivity index (χ2v) is 8.63. The molecule has 40 heavy (non-hydrogen) atoms. The molecule has 10 nitrogen and oxygen atoms in total. The number of aliphatic hydroxyl groups is 1. The van der Waals surface area contributed by atoms with Gasteiger partial charge in [0.2, 0.25) is 11.8 Å². The van der Waals surface area contributed by atoms with E-state index in [9.17, 15) is 67.5 Å². The fourth-order valence-corrected chi connectivity index (χ4v) is 3.49. The number of carboxylic acid groups (broad SMARTS) is 2. The number of carbonyl (C=O) groups excluding carboxylic acids is 2. The largest absolute Gasteiger partial charge is 0.480 e. The molecule has 0 aromatic rings. The molecule has 0 radical (unpaired) electrons. The van der Waals surface area contributed by atoms with Crippen LogP contribution in [0.25, 0.3) is 0 Å². The summed E-state index contributed by atoms with van der Waals surface area (Å²) in [6.45, 7) is -2.86. The van der Waals surface area contributed by atoms with Crippen LogP contribution in [0.4, 0.5) is 48.3 Å². The lowest BCUT2D eigenvalue weighted by Gasteiger charge is -2.38. The van der Waals surface area contributed by atoms with Gasteiger partial charge in [-0.15, -0.1) is 11.8 Å². The van der Waals surface area contributed by atoms with Crippen LogP contribution in [-0.2, 0) is 19.2 Å². The number of aliphatic carboxylic acids is 2. The molecule has 0 bridgehead atoms. The summed E-state index contributed by atoms with van der Waals surface area (Å²) in [6, 6.07) is -3.81. The molecule has 0 spiro atoms. The van der Waals surface area contributed by atoms with Crippen LogP contribution < -0.4 is 16.4 Å². The first-order valence-electron chi connectivity index (χ1n) is 10.2. The summed E-state index contributed by atoms with van der Waals surface area (Å²) in [6.07, 6.45) is -9.14. The van der Waals surface area contributed by atoms with Crippen LogP contribution >= 0.6 is 11.8 Å². The van der Waals surface area contributed by atoms with E-state index < -0.39 is 114 Å². The van der Waals surface area contributed by atoms with Crippen LogP contribution in [-0.4, -0.2) is 99.9 Å². The van der Waals surface area contributed by atoms with Gasteiger partial charge in [0.1, 0.15) is 18.6 Å². The zero-order valence-corrected chi connectivity index (χ0v) is 20.2. The number of carbonyl (C=O) groups is 4. The zero-order chi connectivity index (χ0) is 31.9. The molecule has 2 amide bonds. The van der Waals surface area contributed by atoms with E-state index in [0.29, 0.717) is 0 Å². The Labute approximate surface area is 220 Å². The van der Waals surface area contributed by atoms with Gasteiger partial charge in [-0.2, -0.15) is 48.3 Å². The first-order chi connectivity index (χ1) is 17.9. The van der Waals surface area contributed by atoms with Gasteiger partial charge in [-0.05, 0) is 12.5 Å². The third-order valence-corrected chi connectivity index (χ3v) is 5.83. The summed E-state index contributed by atoms with van der Waals surface area (Å²) in [4.78, 5) is 43.1. The Hall–Kier alpha value is -2.88. The van der Waals surface area contributed by atoms with Crippen LogP contribution in [0.15, 0.2) is 11.0 Å². The number of aliphatic hydroxyl groups excluding tert-OH is 1. The van der Waals surface area contributed by atoms with E-state index in [0.717, 1.165) is 0 Å². The molecule has 2 unspecified atom stereocenters. The third-order valence-electron chi connectivity index (χ3n) is 4.60. The topological polar surface area (TPSA) is 179 Å². The molecule has 0 fully saturated rings. The van der Waals surface area contributed by atoms with Crippen LogP contribution in [0.3, 0.4) is 0 Å². The minimum Gasteiger partial charge on any atom is -0.480 e. The van der Waals surface area contributed by atoms with Gasteiger partial charge >= 0.3 is 41.8 Å². The lowest BCUT2D eigenvalue weighted by molar-refractivity contribution is -0.417. The van der Waals surface area contributed by atoms with Crippen LogP contribution in [0.2, 0.25) is 0 Å². The smallest absolute Gasteiger partial charge is 0.460 e. The highest BCUT2D eigenvalue weighted by molar-refractivity contribution is 8.03. The molecule has 22 heteroatoms. The van der Waals surface area contributed by atoms with Gasteiger partial charge in [-0.1, -0.05) is 0 Å². The van der Waals surface area contributed by atoms with Gasteiger partial charge in [0.25, 0.3) is 0 Å². The predicted molar refractivity (Wildman–Crippen MR) is 111 cm³/mol. The van der Waals surface area contributed by atoms with Crippen molar-refractivity contribution in [3.05, 3.63) is 11.0 Å². The average Bonchev–Trinajstić information content (AvgIpc) is 2.81. The number of amides is 2. The van der Waals surface area contributed by atoms with E-state index in [-0.39, 0.29) is 6.08 Å². The Morgan fingerprint density at radius 2 is 1.40 bits per heavy atom. The summed E-state index contributed by atoms with van der Waals surface area (Å²) in [5.41, 5.74) is 5.15. The number of hydrogen-bond acceptors (Lipinski definition) is 7. The van der Waals surface area contributed by atoms with Crippen LogP contribution in [0.1, 0.15) is 12.8 Å². The van der Waals surface area contributed by atoms with Crippen molar-refractivity contribution in [2.75, 3.05) is 18.9 Å². The predicted octanol–water partition coefficient (Wildman–Crippen LogP) is 1.58. The number of alkyl halides is 11. The second-order valence-electron chi connectivity index (χ2n) is 7.57. The third kappa shape index (κ3) is 8.56. The van der Waals surface area contributed by atoms with E-state index >= 15 is 0 Å². The van der Waals surface area contributed by atoms with Crippen molar-refractivity contribution in [3.63, 3.8) is 0 Å². The summed E-state index contributed by atoms with van der Waals surface area (Å²) < 4.78 is 147. The molecule has 0 aromatic heterocycles. The zero-order valence-electron chi connectivity index (χ0n) is 19.4. The van der Waals surface area contributed by atoms with E-state index in [4.69, 9.17) is 21.1 Å². The number of halogens is 11. The van der Waals surface area contributed by atoms with E-state index in [1.165, 1.54) is 0 Å². The lowest BCUT2D eigenvalue weighted by atomic mass is 9.97. The highest BCUT2D eigenvalue weighted by Crippen LogP contribution is 2.59. The average molecular weight is 631 g/mol. The molecule has 0 aromatic carbocycles. The maximum Gasteiger partial charge on any atom is 0.460 e. The molecule has 0 aliphatic heterocycles. The number of nitrogens with two attached hydrogens (primary N) is 1. The standard InChI is InChI=1S/C18H20F11N3O7S/c19-14(20,15(21,22)16(23,24)17(25,26)18(27,28)29)9(3-4-33)40-6-8(12(37)31-5-11(35)36)32-10(34)2-1-7(30)13(38)39/h3,7-8,33H,1-2,4-6,30H2,(H,31,37)(H,32,34)(H,35,36)(H,38,39)/b9-3-. The monoisotopic (exact) mass is 631 g/mol. The lowest BCUT2D eigenvalue weighted by Crippen LogP contribution is -2.66. The first kappa shape index (κ1) is 37.1. The minimum atomic E-state index is -7.76. The molecule has 2 atom stereocenters. The number of thioether (sulfide) groups is 1. The van der Waals surface area contributed by atoms with Gasteiger partial charge in [-0.25, -0.2) is 0 Å². The first-order valence-corrected chi connectivity index (χ1v) is 11.2. The maximum absolute atomic E-state index is 14.5. The molecule has 232 valence electrons. The highest BCUT2D eigenvalue weighted by atomic mass is 32.2. The van der Waals surface area contributed by atoms with Crippen molar-refractivity contribution in [1.82, 2.24) is 10.6 Å². The van der Waals surface area contributed by atoms with Crippen molar-refractivity contribution in [2.45, 2.75) is 54.8 Å². The Balaban J connectivity index is 6.18. The Kier molecular flexibility index (Phi) is 12.7.